The van der Waals surface area contributed by atoms with Crippen LogP contribution in [-0.2, 0) is 15.7 Å². The minimum absolute atomic E-state index is 0.0837. The van der Waals surface area contributed by atoms with Crippen molar-refractivity contribution in [1.29, 1.82) is 0 Å². The first kappa shape index (κ1) is 21.6. The van der Waals surface area contributed by atoms with Crippen LogP contribution in [0.4, 0.5) is 18.9 Å². The Hall–Kier alpha value is -2.74. The van der Waals surface area contributed by atoms with Gasteiger partial charge in [-0.05, 0) is 55.3 Å². The number of carbonyl (C=O) groups excluding carboxylic acids is 1. The van der Waals surface area contributed by atoms with Crippen LogP contribution in [0.3, 0.4) is 0 Å². The lowest BCUT2D eigenvalue weighted by Gasteiger charge is -2.15. The number of aryl methyl sites for hydroxylation is 2. The topological polar surface area (TPSA) is 56.8 Å². The number of hydrogen-bond donors (Lipinski definition) is 1. The number of halogens is 3. The normalized spacial score (nSPS) is 11.2. The molecule has 0 unspecified atom stereocenters. The molecule has 0 radical (unpaired) electrons. The fourth-order valence-corrected chi connectivity index (χ4v) is 2.30. The zero-order valence-electron chi connectivity index (χ0n) is 15.9. The summed E-state index contributed by atoms with van der Waals surface area (Å²) in [7, 11) is 1.48. The summed E-state index contributed by atoms with van der Waals surface area (Å²) in [6.45, 7) is 3.89. The molecule has 28 heavy (non-hydrogen) atoms. The molecule has 2 aromatic rings. The van der Waals surface area contributed by atoms with Crippen LogP contribution in [-0.4, -0.2) is 32.8 Å². The Labute approximate surface area is 161 Å². The molecule has 1 amide bonds. The standard InChI is InChI=1S/C20H22F3NO4/c1-13-4-6-16(10-14(13)2)28-12-19(25)24-17-11-15(20(21,22)23)5-7-18(17)27-9-8-26-3/h4-7,10-11H,8-9,12H2,1-3H3,(H,24,25). The molecule has 0 saturated heterocycles. The number of rotatable bonds is 8. The van der Waals surface area contributed by atoms with E-state index in [-0.39, 0.29) is 31.3 Å². The number of methoxy groups -OCH3 is 1. The highest BCUT2D eigenvalue weighted by molar-refractivity contribution is 5.93. The molecule has 0 aliphatic heterocycles. The molecule has 0 saturated carbocycles. The fourth-order valence-electron chi connectivity index (χ4n) is 2.30. The molecule has 0 spiro atoms. The molecule has 0 fully saturated rings. The second-order valence-electron chi connectivity index (χ2n) is 6.13. The van der Waals surface area contributed by atoms with E-state index in [1.54, 1.807) is 12.1 Å². The summed E-state index contributed by atoms with van der Waals surface area (Å²) in [6, 6.07) is 8.25. The first-order valence-electron chi connectivity index (χ1n) is 8.53. The number of alkyl halides is 3. The van der Waals surface area contributed by atoms with Crippen molar-refractivity contribution in [2.45, 2.75) is 20.0 Å². The van der Waals surface area contributed by atoms with Gasteiger partial charge in [-0.3, -0.25) is 4.79 Å². The first-order valence-corrected chi connectivity index (χ1v) is 8.53. The number of nitrogens with one attached hydrogen (secondary N) is 1. The monoisotopic (exact) mass is 397 g/mol. The van der Waals surface area contributed by atoms with Gasteiger partial charge in [-0.25, -0.2) is 0 Å². The summed E-state index contributed by atoms with van der Waals surface area (Å²) in [5, 5.41) is 2.42. The number of amides is 1. The molecule has 0 bridgehead atoms. The van der Waals surface area contributed by atoms with Crippen LogP contribution >= 0.6 is 0 Å². The van der Waals surface area contributed by atoms with Gasteiger partial charge in [0.15, 0.2) is 6.61 Å². The van der Waals surface area contributed by atoms with E-state index in [9.17, 15) is 18.0 Å². The minimum Gasteiger partial charge on any atom is -0.489 e. The van der Waals surface area contributed by atoms with Gasteiger partial charge in [0.25, 0.3) is 5.91 Å². The largest absolute Gasteiger partial charge is 0.489 e. The van der Waals surface area contributed by atoms with E-state index in [1.165, 1.54) is 7.11 Å². The lowest BCUT2D eigenvalue weighted by atomic mass is 10.1. The van der Waals surface area contributed by atoms with Crippen LogP contribution in [0.5, 0.6) is 11.5 Å². The average Bonchev–Trinajstić information content (AvgIpc) is 2.63. The van der Waals surface area contributed by atoms with E-state index in [2.05, 4.69) is 5.32 Å². The van der Waals surface area contributed by atoms with Gasteiger partial charge in [0.05, 0.1) is 17.9 Å². The molecular weight excluding hydrogens is 375 g/mol. The zero-order valence-corrected chi connectivity index (χ0v) is 15.9. The summed E-state index contributed by atoms with van der Waals surface area (Å²) >= 11 is 0. The lowest BCUT2D eigenvalue weighted by Crippen LogP contribution is -2.21. The van der Waals surface area contributed by atoms with Gasteiger partial charge in [-0.2, -0.15) is 13.2 Å². The van der Waals surface area contributed by atoms with Gasteiger partial charge in [0, 0.05) is 7.11 Å². The van der Waals surface area contributed by atoms with Crippen LogP contribution in [0.15, 0.2) is 36.4 Å². The predicted octanol–water partition coefficient (Wildman–Crippen LogP) is 4.36. The van der Waals surface area contributed by atoms with Gasteiger partial charge >= 0.3 is 6.18 Å². The molecule has 2 aromatic carbocycles. The molecular formula is C20H22F3NO4. The molecule has 0 aliphatic carbocycles. The Bertz CT molecular complexity index is 822. The number of carbonyl (C=O) groups is 1. The fraction of sp³-hybridized carbons (Fsp3) is 0.350. The highest BCUT2D eigenvalue weighted by atomic mass is 19.4. The maximum atomic E-state index is 13.0. The molecule has 2 rings (SSSR count). The van der Waals surface area contributed by atoms with Crippen molar-refractivity contribution < 1.29 is 32.2 Å². The zero-order chi connectivity index (χ0) is 20.7. The van der Waals surface area contributed by atoms with Gasteiger partial charge < -0.3 is 19.5 Å². The quantitative estimate of drug-likeness (QED) is 0.673. The Kier molecular flexibility index (Phi) is 7.28. The number of hydrogen-bond acceptors (Lipinski definition) is 4. The van der Waals surface area contributed by atoms with Gasteiger partial charge in [-0.15, -0.1) is 0 Å². The second kappa shape index (κ2) is 9.45. The number of benzene rings is 2. The maximum Gasteiger partial charge on any atom is 0.416 e. The highest BCUT2D eigenvalue weighted by Crippen LogP contribution is 2.35. The van der Waals surface area contributed by atoms with Gasteiger partial charge in [-0.1, -0.05) is 6.07 Å². The van der Waals surface area contributed by atoms with E-state index in [0.717, 1.165) is 29.3 Å². The Morgan fingerprint density at radius 2 is 1.75 bits per heavy atom. The van der Waals surface area contributed by atoms with Crippen molar-refractivity contribution in [3.63, 3.8) is 0 Å². The SMILES string of the molecule is COCCOc1ccc(C(F)(F)F)cc1NC(=O)COc1ccc(C)c(C)c1. The molecule has 152 valence electrons. The van der Waals surface area contributed by atoms with Crippen molar-refractivity contribution in [3.8, 4) is 11.5 Å². The van der Waals surface area contributed by atoms with Crippen LogP contribution in [0.2, 0.25) is 0 Å². The van der Waals surface area contributed by atoms with Crippen LogP contribution in [0, 0.1) is 13.8 Å². The van der Waals surface area contributed by atoms with E-state index in [0.29, 0.717) is 5.75 Å². The first-order chi connectivity index (χ1) is 13.2. The summed E-state index contributed by atoms with van der Waals surface area (Å²) in [5.74, 6) is 0.0117. The van der Waals surface area contributed by atoms with E-state index in [4.69, 9.17) is 14.2 Å². The van der Waals surface area contributed by atoms with Crippen LogP contribution < -0.4 is 14.8 Å². The van der Waals surface area contributed by atoms with E-state index >= 15 is 0 Å². The van der Waals surface area contributed by atoms with E-state index < -0.39 is 17.6 Å². The summed E-state index contributed by atoms with van der Waals surface area (Å²) in [4.78, 5) is 12.2. The molecule has 0 aliphatic rings. The summed E-state index contributed by atoms with van der Waals surface area (Å²) in [6.07, 6.45) is -4.54. The van der Waals surface area contributed by atoms with Crippen molar-refractivity contribution in [2.75, 3.05) is 32.2 Å². The molecule has 1 N–H and O–H groups in total. The summed E-state index contributed by atoms with van der Waals surface area (Å²) in [5.41, 5.74) is 1.11. The number of ether oxygens (including phenoxy) is 3. The van der Waals surface area contributed by atoms with Crippen LogP contribution in [0.25, 0.3) is 0 Å². The maximum absolute atomic E-state index is 13.0. The second-order valence-corrected chi connectivity index (χ2v) is 6.13. The Balaban J connectivity index is 2.09. The van der Waals surface area contributed by atoms with Gasteiger partial charge in [0.1, 0.15) is 18.1 Å². The summed E-state index contributed by atoms with van der Waals surface area (Å²) < 4.78 is 54.6. The molecule has 0 heterocycles. The van der Waals surface area contributed by atoms with Crippen molar-refractivity contribution in [3.05, 3.63) is 53.1 Å². The third-order valence-corrected chi connectivity index (χ3v) is 3.97. The molecule has 0 aromatic heterocycles. The van der Waals surface area contributed by atoms with Crippen molar-refractivity contribution in [1.82, 2.24) is 0 Å². The van der Waals surface area contributed by atoms with Crippen molar-refractivity contribution >= 4 is 11.6 Å². The predicted molar refractivity (Wildman–Crippen MR) is 98.9 cm³/mol. The molecule has 5 nitrogen and oxygen atoms in total. The Morgan fingerprint density at radius 3 is 2.39 bits per heavy atom. The molecule has 0 atom stereocenters. The highest BCUT2D eigenvalue weighted by Gasteiger charge is 2.31. The van der Waals surface area contributed by atoms with Crippen LogP contribution in [0.1, 0.15) is 16.7 Å². The molecule has 8 heteroatoms. The third kappa shape index (κ3) is 6.16. The van der Waals surface area contributed by atoms with Gasteiger partial charge in [0.2, 0.25) is 0 Å². The Morgan fingerprint density at radius 1 is 1.00 bits per heavy atom. The smallest absolute Gasteiger partial charge is 0.416 e. The third-order valence-electron chi connectivity index (χ3n) is 3.97. The van der Waals surface area contributed by atoms with E-state index in [1.807, 2.05) is 19.9 Å². The average molecular weight is 397 g/mol. The minimum atomic E-state index is -4.54. The lowest BCUT2D eigenvalue weighted by molar-refractivity contribution is -0.137. The number of anilines is 1. The van der Waals surface area contributed by atoms with Crippen molar-refractivity contribution in [2.24, 2.45) is 0 Å².